The molecule has 0 saturated heterocycles. The Hall–Kier alpha value is -3.42. The van der Waals surface area contributed by atoms with Crippen LogP contribution in [0.4, 0.5) is 11.4 Å². The molecule has 0 aliphatic rings. The number of amides is 2. The molecule has 4 N–H and O–H groups in total. The van der Waals surface area contributed by atoms with Gasteiger partial charge < -0.3 is 16.4 Å². The minimum absolute atomic E-state index is 0.0483. The molecule has 2 aromatic carbocycles. The predicted molar refractivity (Wildman–Crippen MR) is 107 cm³/mol. The highest BCUT2D eigenvalue weighted by atomic mass is 16.6. The van der Waals surface area contributed by atoms with E-state index in [0.29, 0.717) is 12.0 Å². The first-order valence-electron chi connectivity index (χ1n) is 8.81. The fourth-order valence-electron chi connectivity index (χ4n) is 2.99. The number of hydrogen-bond donors (Lipinski definition) is 3. The zero-order valence-corrected chi connectivity index (χ0v) is 16.1. The molecule has 1 unspecified atom stereocenters. The Morgan fingerprint density at radius 1 is 1.14 bits per heavy atom. The first-order valence-corrected chi connectivity index (χ1v) is 8.81. The first kappa shape index (κ1) is 20.9. The summed E-state index contributed by atoms with van der Waals surface area (Å²) < 4.78 is 0. The van der Waals surface area contributed by atoms with Gasteiger partial charge in [0.1, 0.15) is 0 Å². The number of nitrogen functional groups attached to an aromatic ring is 1. The van der Waals surface area contributed by atoms with Gasteiger partial charge in [-0.3, -0.25) is 19.7 Å². The van der Waals surface area contributed by atoms with Crippen molar-refractivity contribution in [2.24, 2.45) is 0 Å². The van der Waals surface area contributed by atoms with Crippen molar-refractivity contribution in [3.8, 4) is 0 Å². The van der Waals surface area contributed by atoms with Crippen LogP contribution in [0.5, 0.6) is 0 Å². The summed E-state index contributed by atoms with van der Waals surface area (Å²) in [5.41, 5.74) is 5.75. The van der Waals surface area contributed by atoms with E-state index in [4.69, 9.17) is 5.73 Å². The first-order chi connectivity index (χ1) is 13.1. The molecule has 0 aliphatic heterocycles. The van der Waals surface area contributed by atoms with Crippen LogP contribution in [-0.4, -0.2) is 28.3 Å². The number of rotatable bonds is 7. The van der Waals surface area contributed by atoms with E-state index in [1.807, 2.05) is 19.9 Å². The number of nitro groups is 1. The maximum atomic E-state index is 12.5. The highest BCUT2D eigenvalue weighted by Gasteiger charge is 2.25. The van der Waals surface area contributed by atoms with Gasteiger partial charge in [-0.1, -0.05) is 18.2 Å². The summed E-state index contributed by atoms with van der Waals surface area (Å²) in [7, 11) is 0. The van der Waals surface area contributed by atoms with Crippen molar-refractivity contribution >= 4 is 23.2 Å². The summed E-state index contributed by atoms with van der Waals surface area (Å²) >= 11 is 0. The number of benzene rings is 2. The van der Waals surface area contributed by atoms with Crippen LogP contribution >= 0.6 is 0 Å². The monoisotopic (exact) mass is 384 g/mol. The van der Waals surface area contributed by atoms with Crippen LogP contribution in [0.1, 0.15) is 47.9 Å². The van der Waals surface area contributed by atoms with Crippen LogP contribution in [0.25, 0.3) is 0 Å². The van der Waals surface area contributed by atoms with Crippen LogP contribution in [0.2, 0.25) is 0 Å². The largest absolute Gasteiger partial charge is 0.398 e. The van der Waals surface area contributed by atoms with Crippen LogP contribution in [0.15, 0.2) is 48.5 Å². The van der Waals surface area contributed by atoms with Gasteiger partial charge in [0.25, 0.3) is 17.5 Å². The zero-order valence-electron chi connectivity index (χ0n) is 16.1. The summed E-state index contributed by atoms with van der Waals surface area (Å²) in [4.78, 5) is 35.2. The normalized spacial score (nSPS) is 12.1. The number of anilines is 1. The summed E-state index contributed by atoms with van der Waals surface area (Å²) in [6, 6.07) is 12.3. The van der Waals surface area contributed by atoms with Crippen molar-refractivity contribution in [3.05, 3.63) is 69.8 Å². The van der Waals surface area contributed by atoms with Gasteiger partial charge in [0.05, 0.1) is 10.5 Å². The Labute approximate surface area is 163 Å². The van der Waals surface area contributed by atoms with Gasteiger partial charge in [-0.15, -0.1) is 0 Å². The molecule has 0 heterocycles. The lowest BCUT2D eigenvalue weighted by Gasteiger charge is -2.30. The number of nitrogens with two attached hydrogens (primary N) is 1. The Kier molecular flexibility index (Phi) is 6.35. The summed E-state index contributed by atoms with van der Waals surface area (Å²) in [5, 5.41) is 16.6. The average molecular weight is 384 g/mol. The maximum Gasteiger partial charge on any atom is 0.270 e. The fraction of sp³-hybridized carbons (Fsp3) is 0.300. The average Bonchev–Trinajstić information content (AvgIpc) is 2.61. The van der Waals surface area contributed by atoms with E-state index in [0.717, 1.165) is 6.07 Å². The Morgan fingerprint density at radius 3 is 2.39 bits per heavy atom. The van der Waals surface area contributed by atoms with Crippen molar-refractivity contribution in [1.29, 1.82) is 0 Å². The lowest BCUT2D eigenvalue weighted by atomic mass is 9.95. The molecule has 8 nitrogen and oxygen atoms in total. The molecule has 0 radical (unpaired) electrons. The van der Waals surface area contributed by atoms with Crippen LogP contribution in [0.3, 0.4) is 0 Å². The van der Waals surface area contributed by atoms with Gasteiger partial charge in [-0.05, 0) is 45.4 Å². The van der Waals surface area contributed by atoms with Gasteiger partial charge in [0.2, 0.25) is 0 Å². The highest BCUT2D eigenvalue weighted by molar-refractivity contribution is 6.00. The zero-order chi connectivity index (χ0) is 20.9. The third kappa shape index (κ3) is 5.54. The number of carbonyl (C=O) groups is 2. The van der Waals surface area contributed by atoms with E-state index in [-0.39, 0.29) is 28.9 Å². The molecule has 0 aromatic heterocycles. The van der Waals surface area contributed by atoms with Gasteiger partial charge in [-0.2, -0.15) is 0 Å². The minimum Gasteiger partial charge on any atom is -0.398 e. The smallest absolute Gasteiger partial charge is 0.270 e. The van der Waals surface area contributed by atoms with Crippen LogP contribution in [0, 0.1) is 10.1 Å². The standard InChI is InChI=1S/C20H24N4O4/c1-13(12-20(2,3)23-18(25)14-7-5-4-6-8-14)22-19(26)16-11-15(24(27)28)9-10-17(16)21/h4-11,13H,12,21H2,1-3H3,(H,22,26)(H,23,25). The molecule has 0 saturated carbocycles. The van der Waals surface area contributed by atoms with Gasteiger partial charge in [0.15, 0.2) is 0 Å². The second kappa shape index (κ2) is 8.51. The lowest BCUT2D eigenvalue weighted by Crippen LogP contribution is -2.48. The quantitative estimate of drug-likeness (QED) is 0.384. The van der Waals surface area contributed by atoms with Crippen molar-refractivity contribution < 1.29 is 14.5 Å². The molecule has 148 valence electrons. The van der Waals surface area contributed by atoms with Crippen molar-refractivity contribution in [1.82, 2.24) is 10.6 Å². The Balaban J connectivity index is 2.01. The lowest BCUT2D eigenvalue weighted by molar-refractivity contribution is -0.384. The molecule has 1 atom stereocenters. The third-order valence-corrected chi connectivity index (χ3v) is 4.17. The molecule has 0 spiro atoms. The third-order valence-electron chi connectivity index (χ3n) is 4.17. The van der Waals surface area contributed by atoms with Crippen LogP contribution < -0.4 is 16.4 Å². The van der Waals surface area contributed by atoms with Crippen molar-refractivity contribution in [2.45, 2.75) is 38.8 Å². The predicted octanol–water partition coefficient (Wildman–Crippen LogP) is 2.89. The fourth-order valence-corrected chi connectivity index (χ4v) is 2.99. The van der Waals surface area contributed by atoms with E-state index >= 15 is 0 Å². The molecule has 0 fully saturated rings. The molecule has 2 rings (SSSR count). The second-order valence-corrected chi connectivity index (χ2v) is 7.31. The van der Waals surface area contributed by atoms with Crippen molar-refractivity contribution in [2.75, 3.05) is 5.73 Å². The SMILES string of the molecule is CC(CC(C)(C)NC(=O)c1ccccc1)NC(=O)c1cc([N+](=O)[O-])ccc1N. The molecule has 0 aliphatic carbocycles. The number of nitrogens with zero attached hydrogens (tertiary/aromatic N) is 1. The molecule has 8 heteroatoms. The summed E-state index contributed by atoms with van der Waals surface area (Å²) in [5.74, 6) is -0.703. The Morgan fingerprint density at radius 2 is 1.79 bits per heavy atom. The van der Waals surface area contributed by atoms with Crippen molar-refractivity contribution in [3.63, 3.8) is 0 Å². The van der Waals surface area contributed by atoms with Gasteiger partial charge in [0, 0.05) is 35.0 Å². The highest BCUT2D eigenvalue weighted by Crippen LogP contribution is 2.20. The second-order valence-electron chi connectivity index (χ2n) is 7.31. The molecule has 0 bridgehead atoms. The van der Waals surface area contributed by atoms with E-state index in [9.17, 15) is 19.7 Å². The number of non-ortho nitro benzene ring substituents is 1. The maximum absolute atomic E-state index is 12.5. The molecule has 28 heavy (non-hydrogen) atoms. The number of carbonyl (C=O) groups excluding carboxylic acids is 2. The van der Waals surface area contributed by atoms with E-state index < -0.39 is 16.4 Å². The topological polar surface area (TPSA) is 127 Å². The summed E-state index contributed by atoms with van der Waals surface area (Å²) in [6.07, 6.45) is 0.451. The molecule has 2 aromatic rings. The number of nitrogens with one attached hydrogen (secondary N) is 2. The van der Waals surface area contributed by atoms with E-state index in [2.05, 4.69) is 10.6 Å². The Bertz CT molecular complexity index is 881. The van der Waals surface area contributed by atoms with Gasteiger partial charge >= 0.3 is 0 Å². The molecule has 2 amide bonds. The van der Waals surface area contributed by atoms with Gasteiger partial charge in [-0.25, -0.2) is 0 Å². The number of hydrogen-bond acceptors (Lipinski definition) is 5. The van der Waals surface area contributed by atoms with E-state index in [1.165, 1.54) is 12.1 Å². The van der Waals surface area contributed by atoms with E-state index in [1.54, 1.807) is 31.2 Å². The summed E-state index contributed by atoms with van der Waals surface area (Å²) in [6.45, 7) is 5.51. The number of nitro benzene ring substituents is 1. The van der Waals surface area contributed by atoms with Crippen LogP contribution in [-0.2, 0) is 0 Å². The minimum atomic E-state index is -0.589. The molecular formula is C20H24N4O4. The molecular weight excluding hydrogens is 360 g/mol.